The first-order valence-corrected chi connectivity index (χ1v) is 11.1. The van der Waals surface area contributed by atoms with Gasteiger partial charge in [-0.2, -0.15) is 0 Å². The summed E-state index contributed by atoms with van der Waals surface area (Å²) in [7, 11) is 0. The van der Waals surface area contributed by atoms with E-state index in [9.17, 15) is 19.8 Å². The van der Waals surface area contributed by atoms with Crippen molar-refractivity contribution in [1.29, 1.82) is 0 Å². The molecule has 1 saturated carbocycles. The van der Waals surface area contributed by atoms with Crippen LogP contribution < -0.4 is 5.32 Å². The average Bonchev–Trinajstić information content (AvgIpc) is 3.18. The molecule has 2 fully saturated rings. The van der Waals surface area contributed by atoms with Gasteiger partial charge in [-0.25, -0.2) is 0 Å². The summed E-state index contributed by atoms with van der Waals surface area (Å²) >= 11 is 5.94. The van der Waals surface area contributed by atoms with Crippen molar-refractivity contribution in [3.05, 3.63) is 34.9 Å². The molecule has 1 saturated heterocycles. The summed E-state index contributed by atoms with van der Waals surface area (Å²) in [4.78, 5) is 27.0. The van der Waals surface area contributed by atoms with Crippen molar-refractivity contribution >= 4 is 23.4 Å². The molecule has 1 aliphatic carbocycles. The molecule has 3 N–H and O–H groups in total. The number of carbonyl (C=O) groups is 2. The lowest BCUT2D eigenvalue weighted by atomic mass is 9.73. The summed E-state index contributed by atoms with van der Waals surface area (Å²) < 4.78 is 0. The minimum atomic E-state index is -1.52. The maximum atomic E-state index is 13.0. The highest BCUT2D eigenvalue weighted by Crippen LogP contribution is 2.41. The number of hydrogen-bond acceptors (Lipinski definition) is 4. The fourth-order valence-electron chi connectivity index (χ4n) is 4.70. The monoisotopic (exact) mass is 436 g/mol. The molecule has 1 aromatic carbocycles. The number of likely N-dealkylation sites (tertiary alicyclic amines) is 1. The van der Waals surface area contributed by atoms with E-state index < -0.39 is 16.7 Å². The normalized spacial score (nSPS) is 27.9. The van der Waals surface area contributed by atoms with Crippen LogP contribution in [0.1, 0.15) is 64.9 Å². The van der Waals surface area contributed by atoms with E-state index in [1.165, 1.54) is 0 Å². The molecule has 0 radical (unpaired) electrons. The lowest BCUT2D eigenvalue weighted by Crippen LogP contribution is -2.63. The number of nitrogens with one attached hydrogen (secondary N) is 1. The van der Waals surface area contributed by atoms with Crippen LogP contribution in [-0.4, -0.2) is 51.2 Å². The number of piperidine rings is 1. The lowest BCUT2D eigenvalue weighted by Gasteiger charge is -2.49. The van der Waals surface area contributed by atoms with Gasteiger partial charge in [-0.15, -0.1) is 0 Å². The van der Waals surface area contributed by atoms with Crippen molar-refractivity contribution in [3.8, 4) is 0 Å². The van der Waals surface area contributed by atoms with E-state index in [4.69, 9.17) is 11.6 Å². The van der Waals surface area contributed by atoms with Crippen molar-refractivity contribution in [1.82, 2.24) is 10.2 Å². The van der Waals surface area contributed by atoms with Gasteiger partial charge in [-0.3, -0.25) is 9.59 Å². The third-order valence-corrected chi connectivity index (χ3v) is 6.84. The van der Waals surface area contributed by atoms with E-state index in [0.717, 1.165) is 25.7 Å². The van der Waals surface area contributed by atoms with Gasteiger partial charge in [0.2, 0.25) is 11.8 Å². The lowest BCUT2D eigenvalue weighted by molar-refractivity contribution is -0.191. The Bertz CT molecular complexity index is 787. The number of β-amino-alcohol motifs (C(OH)–C–C–N with tert-alkyl or cyclic N) is 1. The van der Waals surface area contributed by atoms with Gasteiger partial charge in [-0.05, 0) is 51.3 Å². The Morgan fingerprint density at radius 3 is 2.37 bits per heavy atom. The zero-order valence-corrected chi connectivity index (χ0v) is 18.8. The van der Waals surface area contributed by atoms with Crippen LogP contribution in [0.25, 0.3) is 0 Å². The second kappa shape index (κ2) is 8.48. The fraction of sp³-hybridized carbons (Fsp3) is 0.652. The molecule has 30 heavy (non-hydrogen) atoms. The molecule has 166 valence electrons. The number of rotatable bonds is 5. The van der Waals surface area contributed by atoms with Crippen LogP contribution in [0.5, 0.6) is 0 Å². The number of amides is 2. The van der Waals surface area contributed by atoms with Crippen LogP contribution in [0.2, 0.25) is 5.02 Å². The van der Waals surface area contributed by atoms with Gasteiger partial charge in [0, 0.05) is 35.9 Å². The second-order valence-corrected chi connectivity index (χ2v) is 10.2. The molecular weight excluding hydrogens is 404 g/mol. The van der Waals surface area contributed by atoms with E-state index in [0.29, 0.717) is 17.1 Å². The standard InChI is InChI=1S/C23H33ClN2O4/c1-21(2,25-20(28)16-6-4-5-7-16)14-19(27)26-13-12-23(30,22(3,29)15-26)17-8-10-18(24)11-9-17/h8-11,16,29-30H,4-7,12-15H2,1-3H3,(H,25,28)/t22-,23-/m0/s1. The minimum absolute atomic E-state index is 0.0115. The summed E-state index contributed by atoms with van der Waals surface area (Å²) in [6.45, 7) is 5.58. The predicted octanol–water partition coefficient (Wildman–Crippen LogP) is 2.99. The van der Waals surface area contributed by atoms with E-state index in [1.807, 2.05) is 13.8 Å². The molecule has 1 aliphatic heterocycles. The molecule has 0 unspecified atom stereocenters. The fourth-order valence-corrected chi connectivity index (χ4v) is 4.82. The molecular formula is C23H33ClN2O4. The third-order valence-electron chi connectivity index (χ3n) is 6.59. The van der Waals surface area contributed by atoms with Crippen LogP contribution in [0.4, 0.5) is 0 Å². The first-order chi connectivity index (χ1) is 13.9. The Hall–Kier alpha value is -1.63. The molecule has 3 rings (SSSR count). The van der Waals surface area contributed by atoms with E-state index in [1.54, 1.807) is 36.1 Å². The van der Waals surface area contributed by atoms with Crippen molar-refractivity contribution in [2.75, 3.05) is 13.1 Å². The number of aliphatic hydroxyl groups is 2. The largest absolute Gasteiger partial charge is 0.385 e. The molecule has 1 heterocycles. The SMILES string of the molecule is CC(C)(CC(=O)N1CC[C@](O)(c2ccc(Cl)cc2)[C@@](C)(O)C1)NC(=O)C1CCCC1. The molecule has 7 heteroatoms. The summed E-state index contributed by atoms with van der Waals surface area (Å²) in [5, 5.41) is 25.9. The van der Waals surface area contributed by atoms with Gasteiger partial charge in [-0.1, -0.05) is 36.6 Å². The van der Waals surface area contributed by atoms with Crippen LogP contribution >= 0.6 is 11.6 Å². The van der Waals surface area contributed by atoms with Gasteiger partial charge >= 0.3 is 0 Å². The maximum Gasteiger partial charge on any atom is 0.225 e. The number of nitrogens with zero attached hydrogens (tertiary/aromatic N) is 1. The number of benzene rings is 1. The number of carbonyl (C=O) groups excluding carboxylic acids is 2. The van der Waals surface area contributed by atoms with Gasteiger partial charge in [0.15, 0.2) is 0 Å². The number of hydrogen-bond donors (Lipinski definition) is 3. The Balaban J connectivity index is 1.64. The molecule has 0 aromatic heterocycles. The summed E-state index contributed by atoms with van der Waals surface area (Å²) in [5.41, 5.74) is -3.09. The first kappa shape index (κ1) is 23.0. The van der Waals surface area contributed by atoms with Crippen molar-refractivity contribution in [2.24, 2.45) is 5.92 Å². The summed E-state index contributed by atoms with van der Waals surface area (Å²) in [6, 6.07) is 6.77. The van der Waals surface area contributed by atoms with Crippen molar-refractivity contribution in [3.63, 3.8) is 0 Å². The minimum Gasteiger partial charge on any atom is -0.385 e. The Labute approximate surface area is 183 Å². The van der Waals surface area contributed by atoms with Gasteiger partial charge in [0.1, 0.15) is 11.2 Å². The smallest absolute Gasteiger partial charge is 0.225 e. The molecule has 1 aromatic rings. The first-order valence-electron chi connectivity index (χ1n) is 10.7. The van der Waals surface area contributed by atoms with E-state index >= 15 is 0 Å². The van der Waals surface area contributed by atoms with E-state index in [-0.39, 0.29) is 37.1 Å². The second-order valence-electron chi connectivity index (χ2n) is 9.74. The zero-order chi connectivity index (χ0) is 22.2. The molecule has 0 bridgehead atoms. The Morgan fingerprint density at radius 2 is 1.80 bits per heavy atom. The Kier molecular flexibility index (Phi) is 6.51. The van der Waals surface area contributed by atoms with Crippen LogP contribution in [0.15, 0.2) is 24.3 Å². The van der Waals surface area contributed by atoms with Crippen LogP contribution in [-0.2, 0) is 15.2 Å². The van der Waals surface area contributed by atoms with Gasteiger partial charge in [0.25, 0.3) is 0 Å². The summed E-state index contributed by atoms with van der Waals surface area (Å²) in [5.74, 6) is -0.0808. The average molecular weight is 437 g/mol. The highest BCUT2D eigenvalue weighted by Gasteiger charge is 2.52. The Morgan fingerprint density at radius 1 is 1.20 bits per heavy atom. The molecule has 2 aliphatic rings. The quantitative estimate of drug-likeness (QED) is 0.661. The topological polar surface area (TPSA) is 89.9 Å². The molecule has 0 spiro atoms. The van der Waals surface area contributed by atoms with Crippen LogP contribution in [0.3, 0.4) is 0 Å². The van der Waals surface area contributed by atoms with Gasteiger partial charge in [0.05, 0.1) is 6.54 Å². The highest BCUT2D eigenvalue weighted by atomic mass is 35.5. The molecule has 6 nitrogen and oxygen atoms in total. The van der Waals surface area contributed by atoms with Crippen LogP contribution in [0, 0.1) is 5.92 Å². The van der Waals surface area contributed by atoms with E-state index in [2.05, 4.69) is 5.32 Å². The van der Waals surface area contributed by atoms with Crippen molar-refractivity contribution in [2.45, 2.75) is 76.0 Å². The maximum absolute atomic E-state index is 13.0. The van der Waals surface area contributed by atoms with Gasteiger partial charge < -0.3 is 20.4 Å². The number of halogens is 1. The molecule has 2 atom stereocenters. The predicted molar refractivity (Wildman–Crippen MR) is 116 cm³/mol. The molecule has 2 amide bonds. The summed E-state index contributed by atoms with van der Waals surface area (Å²) in [6.07, 6.45) is 4.33. The van der Waals surface area contributed by atoms with Crippen molar-refractivity contribution < 1.29 is 19.8 Å². The zero-order valence-electron chi connectivity index (χ0n) is 18.1. The third kappa shape index (κ3) is 4.82. The highest BCUT2D eigenvalue weighted by molar-refractivity contribution is 6.30.